The third kappa shape index (κ3) is 5.77. The summed E-state index contributed by atoms with van der Waals surface area (Å²) in [6.07, 6.45) is 0.837. The van der Waals surface area contributed by atoms with E-state index in [4.69, 9.17) is 9.47 Å². The number of aliphatic imine (C=N–C) groups is 1. The molecule has 5 heteroatoms. The Morgan fingerprint density at radius 1 is 1.08 bits per heavy atom. The molecule has 0 aliphatic heterocycles. The molecule has 0 saturated carbocycles. The number of hydrogen-bond donors (Lipinski definition) is 2. The molecule has 2 aromatic rings. The zero-order valence-electron chi connectivity index (χ0n) is 16.1. The summed E-state index contributed by atoms with van der Waals surface area (Å²) in [5, 5.41) is 6.68. The second-order valence-corrected chi connectivity index (χ2v) is 6.08. The summed E-state index contributed by atoms with van der Waals surface area (Å²) in [4.78, 5) is 4.29. The van der Waals surface area contributed by atoms with E-state index in [-0.39, 0.29) is 6.10 Å². The number of hydrogen-bond acceptors (Lipinski definition) is 3. The third-order valence-corrected chi connectivity index (χ3v) is 4.26. The van der Waals surface area contributed by atoms with Crippen molar-refractivity contribution in [3.8, 4) is 5.75 Å². The van der Waals surface area contributed by atoms with E-state index in [1.807, 2.05) is 24.3 Å². The first-order chi connectivity index (χ1) is 12.7. The van der Waals surface area contributed by atoms with Gasteiger partial charge in [0.15, 0.2) is 5.96 Å². The molecule has 0 fully saturated rings. The molecule has 2 rings (SSSR count). The van der Waals surface area contributed by atoms with Gasteiger partial charge in [0.2, 0.25) is 0 Å². The smallest absolute Gasteiger partial charge is 0.191 e. The number of ether oxygens (including phenoxy) is 2. The Morgan fingerprint density at radius 3 is 2.50 bits per heavy atom. The van der Waals surface area contributed by atoms with E-state index in [1.54, 1.807) is 21.3 Å². The Labute approximate surface area is 156 Å². The van der Waals surface area contributed by atoms with E-state index >= 15 is 0 Å². The number of methoxy groups -OCH3 is 2. The zero-order valence-corrected chi connectivity index (χ0v) is 16.1. The summed E-state index contributed by atoms with van der Waals surface area (Å²) in [6, 6.07) is 16.4. The molecule has 0 radical (unpaired) electrons. The van der Waals surface area contributed by atoms with Crippen LogP contribution in [-0.2, 0) is 11.2 Å². The molecule has 2 aromatic carbocycles. The molecule has 1 atom stereocenters. The lowest BCUT2D eigenvalue weighted by molar-refractivity contribution is 0.106. The van der Waals surface area contributed by atoms with Crippen molar-refractivity contribution in [2.75, 3.05) is 34.4 Å². The van der Waals surface area contributed by atoms with Gasteiger partial charge in [-0.2, -0.15) is 0 Å². The highest BCUT2D eigenvalue weighted by Gasteiger charge is 2.11. The van der Waals surface area contributed by atoms with Crippen LogP contribution < -0.4 is 15.4 Å². The van der Waals surface area contributed by atoms with Crippen molar-refractivity contribution in [1.82, 2.24) is 10.6 Å². The molecule has 2 N–H and O–H groups in total. The second kappa shape index (κ2) is 10.5. The van der Waals surface area contributed by atoms with Crippen LogP contribution >= 0.6 is 0 Å². The van der Waals surface area contributed by atoms with Crippen LogP contribution in [0, 0.1) is 6.92 Å². The Balaban J connectivity index is 1.85. The van der Waals surface area contributed by atoms with Crippen molar-refractivity contribution in [3.63, 3.8) is 0 Å². The molecule has 0 spiro atoms. The lowest BCUT2D eigenvalue weighted by Crippen LogP contribution is -2.40. The minimum atomic E-state index is -0.0217. The molecule has 0 aliphatic carbocycles. The van der Waals surface area contributed by atoms with Crippen molar-refractivity contribution in [3.05, 3.63) is 65.2 Å². The fraction of sp³-hybridized carbons (Fsp3) is 0.381. The van der Waals surface area contributed by atoms with Crippen molar-refractivity contribution in [1.29, 1.82) is 0 Å². The molecule has 5 nitrogen and oxygen atoms in total. The fourth-order valence-corrected chi connectivity index (χ4v) is 2.83. The largest absolute Gasteiger partial charge is 0.496 e. The van der Waals surface area contributed by atoms with Gasteiger partial charge < -0.3 is 20.1 Å². The first-order valence-corrected chi connectivity index (χ1v) is 8.83. The molecule has 0 heterocycles. The molecular weight excluding hydrogens is 326 g/mol. The van der Waals surface area contributed by atoms with E-state index in [1.165, 1.54) is 11.1 Å². The van der Waals surface area contributed by atoms with Gasteiger partial charge in [0.25, 0.3) is 0 Å². The highest BCUT2D eigenvalue weighted by atomic mass is 16.5. The molecule has 1 unspecified atom stereocenters. The van der Waals surface area contributed by atoms with E-state index < -0.39 is 0 Å². The first kappa shape index (κ1) is 19.8. The third-order valence-electron chi connectivity index (χ3n) is 4.26. The number of aryl methyl sites for hydroxylation is 1. The van der Waals surface area contributed by atoms with E-state index in [2.05, 4.69) is 46.8 Å². The average molecular weight is 355 g/mol. The van der Waals surface area contributed by atoms with Gasteiger partial charge in [-0.3, -0.25) is 4.99 Å². The Morgan fingerprint density at radius 2 is 1.85 bits per heavy atom. The summed E-state index contributed by atoms with van der Waals surface area (Å²) in [5.41, 5.74) is 3.56. The summed E-state index contributed by atoms with van der Waals surface area (Å²) >= 11 is 0. The summed E-state index contributed by atoms with van der Waals surface area (Å²) in [7, 11) is 5.20. The van der Waals surface area contributed by atoms with Crippen molar-refractivity contribution >= 4 is 5.96 Å². The number of benzene rings is 2. The van der Waals surface area contributed by atoms with E-state index in [0.29, 0.717) is 6.54 Å². The predicted octanol–water partition coefficient (Wildman–Crippen LogP) is 3.10. The normalized spacial score (nSPS) is 12.5. The van der Waals surface area contributed by atoms with E-state index in [9.17, 15) is 0 Å². The van der Waals surface area contributed by atoms with Gasteiger partial charge >= 0.3 is 0 Å². The van der Waals surface area contributed by atoms with Crippen LogP contribution in [0.5, 0.6) is 5.75 Å². The SMILES string of the molecule is CN=C(NCCc1cc(C)ccc1OC)NCC(OC)c1ccccc1. The quantitative estimate of drug-likeness (QED) is 0.564. The molecule has 0 aromatic heterocycles. The van der Waals surface area contributed by atoms with E-state index in [0.717, 1.165) is 30.2 Å². The van der Waals surface area contributed by atoms with Crippen molar-refractivity contribution in [2.24, 2.45) is 4.99 Å². The van der Waals surface area contributed by atoms with Gasteiger partial charge in [-0.1, -0.05) is 48.0 Å². The van der Waals surface area contributed by atoms with Crippen LogP contribution in [0.4, 0.5) is 0 Å². The molecule has 0 saturated heterocycles. The maximum atomic E-state index is 5.59. The molecule has 0 bridgehead atoms. The summed E-state index contributed by atoms with van der Waals surface area (Å²) in [6.45, 7) is 3.50. The monoisotopic (exact) mass is 355 g/mol. The molecule has 0 aliphatic rings. The molecule has 26 heavy (non-hydrogen) atoms. The van der Waals surface area contributed by atoms with Gasteiger partial charge in [0, 0.05) is 27.2 Å². The number of nitrogens with one attached hydrogen (secondary N) is 2. The lowest BCUT2D eigenvalue weighted by Gasteiger charge is -2.19. The Hall–Kier alpha value is -2.53. The minimum Gasteiger partial charge on any atom is -0.496 e. The Bertz CT molecular complexity index is 702. The van der Waals surface area contributed by atoms with Crippen molar-refractivity contribution in [2.45, 2.75) is 19.4 Å². The van der Waals surface area contributed by atoms with Crippen LogP contribution in [0.2, 0.25) is 0 Å². The fourth-order valence-electron chi connectivity index (χ4n) is 2.83. The zero-order chi connectivity index (χ0) is 18.8. The second-order valence-electron chi connectivity index (χ2n) is 6.08. The number of guanidine groups is 1. The molecule has 140 valence electrons. The van der Waals surface area contributed by atoms with Crippen LogP contribution in [0.1, 0.15) is 22.8 Å². The predicted molar refractivity (Wildman–Crippen MR) is 107 cm³/mol. The maximum Gasteiger partial charge on any atom is 0.191 e. The van der Waals surface area contributed by atoms with Crippen LogP contribution in [-0.4, -0.2) is 40.3 Å². The van der Waals surface area contributed by atoms with Gasteiger partial charge in [-0.15, -0.1) is 0 Å². The lowest BCUT2D eigenvalue weighted by atomic mass is 10.1. The van der Waals surface area contributed by atoms with Gasteiger partial charge in [0.1, 0.15) is 5.75 Å². The standard InChI is InChI=1S/C21H29N3O2/c1-16-10-11-19(25-3)18(14-16)12-13-23-21(22-2)24-15-20(26-4)17-8-6-5-7-9-17/h5-11,14,20H,12-13,15H2,1-4H3,(H2,22,23,24). The molecule has 0 amide bonds. The van der Waals surface area contributed by atoms with Crippen molar-refractivity contribution < 1.29 is 9.47 Å². The highest BCUT2D eigenvalue weighted by Crippen LogP contribution is 2.19. The average Bonchev–Trinajstić information content (AvgIpc) is 2.68. The van der Waals surface area contributed by atoms with Crippen LogP contribution in [0.25, 0.3) is 0 Å². The molecular formula is C21H29N3O2. The maximum absolute atomic E-state index is 5.59. The number of rotatable bonds is 8. The van der Waals surface area contributed by atoms with Gasteiger partial charge in [0.05, 0.1) is 13.2 Å². The first-order valence-electron chi connectivity index (χ1n) is 8.83. The highest BCUT2D eigenvalue weighted by molar-refractivity contribution is 5.79. The minimum absolute atomic E-state index is 0.0217. The van der Waals surface area contributed by atoms with Gasteiger partial charge in [-0.05, 0) is 30.5 Å². The van der Waals surface area contributed by atoms with Gasteiger partial charge in [-0.25, -0.2) is 0 Å². The topological polar surface area (TPSA) is 54.9 Å². The summed E-state index contributed by atoms with van der Waals surface area (Å²) < 4.78 is 11.0. The summed E-state index contributed by atoms with van der Waals surface area (Å²) in [5.74, 6) is 1.68. The number of nitrogens with zero attached hydrogens (tertiary/aromatic N) is 1. The van der Waals surface area contributed by atoms with Crippen LogP contribution in [0.3, 0.4) is 0 Å². The Kier molecular flexibility index (Phi) is 7.96. The van der Waals surface area contributed by atoms with Crippen LogP contribution in [0.15, 0.2) is 53.5 Å².